The molecule has 1 aromatic carbocycles. The second-order valence-corrected chi connectivity index (χ2v) is 9.90. The molecule has 0 bridgehead atoms. The van der Waals surface area contributed by atoms with E-state index in [1.807, 2.05) is 6.07 Å². The number of anilines is 1. The minimum atomic E-state index is -0.649. The molecular formula is C26H26ClFN8O2. The molecule has 196 valence electrons. The Morgan fingerprint density at radius 2 is 2.08 bits per heavy atom. The predicted molar refractivity (Wildman–Crippen MR) is 142 cm³/mol. The Morgan fingerprint density at radius 3 is 2.84 bits per heavy atom. The number of piperazine rings is 1. The van der Waals surface area contributed by atoms with Crippen molar-refractivity contribution in [2.24, 2.45) is 0 Å². The largest absolute Gasteiger partial charge is 0.475 e. The normalized spacial score (nSPS) is 18.3. The van der Waals surface area contributed by atoms with Gasteiger partial charge in [0.25, 0.3) is 0 Å². The van der Waals surface area contributed by atoms with Crippen LogP contribution in [0.3, 0.4) is 0 Å². The molecule has 6 rings (SSSR count). The number of nitrogens with one attached hydrogen (secondary N) is 2. The molecule has 5 heterocycles. The van der Waals surface area contributed by atoms with Gasteiger partial charge in [-0.05, 0) is 32.5 Å². The molecule has 2 aliphatic rings. The Morgan fingerprint density at radius 1 is 1.24 bits per heavy atom. The Labute approximate surface area is 223 Å². The van der Waals surface area contributed by atoms with E-state index in [0.717, 1.165) is 38.2 Å². The minimum absolute atomic E-state index is 0.0837. The number of hydrogen-bond donors (Lipinski definition) is 2. The van der Waals surface area contributed by atoms with Gasteiger partial charge in [-0.3, -0.25) is 5.10 Å². The summed E-state index contributed by atoms with van der Waals surface area (Å²) in [6.07, 6.45) is 5.22. The van der Waals surface area contributed by atoms with Gasteiger partial charge in [-0.25, -0.2) is 14.4 Å². The maximum Gasteiger partial charge on any atom is 0.246 e. The highest BCUT2D eigenvalue weighted by Crippen LogP contribution is 2.42. The van der Waals surface area contributed by atoms with Gasteiger partial charge < -0.3 is 24.6 Å². The van der Waals surface area contributed by atoms with Crippen molar-refractivity contribution in [3.05, 3.63) is 40.9 Å². The van der Waals surface area contributed by atoms with Gasteiger partial charge in [0.15, 0.2) is 5.75 Å². The third kappa shape index (κ3) is 4.34. The van der Waals surface area contributed by atoms with Crippen molar-refractivity contribution in [3.8, 4) is 23.6 Å². The second-order valence-electron chi connectivity index (χ2n) is 9.52. The van der Waals surface area contributed by atoms with E-state index in [1.165, 1.54) is 12.3 Å². The first kappa shape index (κ1) is 24.6. The van der Waals surface area contributed by atoms with Crippen molar-refractivity contribution in [1.82, 2.24) is 30.4 Å². The molecule has 1 atom stereocenters. The summed E-state index contributed by atoms with van der Waals surface area (Å²) in [5, 5.41) is 21.3. The fourth-order valence-electron chi connectivity index (χ4n) is 5.19. The highest BCUT2D eigenvalue weighted by Gasteiger charge is 2.27. The van der Waals surface area contributed by atoms with Crippen molar-refractivity contribution in [1.29, 1.82) is 5.26 Å². The lowest BCUT2D eigenvalue weighted by Gasteiger charge is -2.31. The average molecular weight is 537 g/mol. The van der Waals surface area contributed by atoms with Crippen LogP contribution in [0.25, 0.3) is 21.8 Å². The topological polar surface area (TPSA) is 115 Å². The molecule has 10 nitrogen and oxygen atoms in total. The van der Waals surface area contributed by atoms with Crippen LogP contribution in [0.5, 0.6) is 17.5 Å². The van der Waals surface area contributed by atoms with E-state index in [9.17, 15) is 9.65 Å². The Kier molecular flexibility index (Phi) is 6.61. The number of pyridine rings is 2. The van der Waals surface area contributed by atoms with Crippen LogP contribution in [0.2, 0.25) is 5.02 Å². The molecule has 0 aliphatic carbocycles. The number of H-pyrrole nitrogens is 1. The van der Waals surface area contributed by atoms with Crippen LogP contribution in [0.15, 0.2) is 24.5 Å². The SMILES string of the molecule is CN1CCC[C@H]1COc1nc2c(Oc3c(Cl)c(F)cc4[nH]ncc34)nccc2c(N2CCNCC2)c1C#N. The lowest BCUT2D eigenvalue weighted by Crippen LogP contribution is -2.44. The van der Waals surface area contributed by atoms with Crippen LogP contribution in [-0.2, 0) is 0 Å². The lowest BCUT2D eigenvalue weighted by molar-refractivity contribution is 0.193. The fraction of sp³-hybridized carbons (Fsp3) is 0.385. The Balaban J connectivity index is 1.50. The van der Waals surface area contributed by atoms with Gasteiger partial charge in [0.05, 0.1) is 22.8 Å². The number of fused-ring (bicyclic) bond motifs is 2. The quantitative estimate of drug-likeness (QED) is 0.379. The maximum absolute atomic E-state index is 14.6. The van der Waals surface area contributed by atoms with Gasteiger partial charge in [0.1, 0.15) is 34.6 Å². The van der Waals surface area contributed by atoms with E-state index >= 15 is 0 Å². The number of hydrogen-bond acceptors (Lipinski definition) is 9. The van der Waals surface area contributed by atoms with E-state index in [-0.39, 0.29) is 28.6 Å². The summed E-state index contributed by atoms with van der Waals surface area (Å²) in [7, 11) is 2.07. The number of benzene rings is 1. The molecule has 0 radical (unpaired) electrons. The zero-order valence-electron chi connectivity index (χ0n) is 20.8. The zero-order valence-corrected chi connectivity index (χ0v) is 21.6. The molecule has 2 N–H and O–H groups in total. The van der Waals surface area contributed by atoms with Crippen LogP contribution < -0.4 is 19.7 Å². The molecule has 0 saturated carbocycles. The number of halogens is 2. The maximum atomic E-state index is 14.6. The summed E-state index contributed by atoms with van der Waals surface area (Å²) < 4.78 is 27.0. The summed E-state index contributed by atoms with van der Waals surface area (Å²) in [5.74, 6) is -0.211. The summed E-state index contributed by atoms with van der Waals surface area (Å²) >= 11 is 6.32. The molecule has 38 heavy (non-hydrogen) atoms. The zero-order chi connectivity index (χ0) is 26.2. The first-order chi connectivity index (χ1) is 18.5. The Hall–Kier alpha value is -3.72. The Bertz CT molecular complexity index is 1550. The van der Waals surface area contributed by atoms with Crippen molar-refractivity contribution in [2.75, 3.05) is 51.3 Å². The highest BCUT2D eigenvalue weighted by atomic mass is 35.5. The van der Waals surface area contributed by atoms with E-state index in [1.54, 1.807) is 6.20 Å². The minimum Gasteiger partial charge on any atom is -0.475 e. The highest BCUT2D eigenvalue weighted by molar-refractivity contribution is 6.33. The van der Waals surface area contributed by atoms with E-state index < -0.39 is 5.82 Å². The first-order valence-corrected chi connectivity index (χ1v) is 12.9. The van der Waals surface area contributed by atoms with Gasteiger partial charge in [-0.2, -0.15) is 10.4 Å². The van der Waals surface area contributed by atoms with E-state index in [0.29, 0.717) is 47.1 Å². The van der Waals surface area contributed by atoms with Crippen molar-refractivity contribution < 1.29 is 13.9 Å². The number of aromatic amines is 1. The van der Waals surface area contributed by atoms with Gasteiger partial charge in [-0.15, -0.1) is 0 Å². The molecule has 2 saturated heterocycles. The fourth-order valence-corrected chi connectivity index (χ4v) is 5.38. The summed E-state index contributed by atoms with van der Waals surface area (Å²) in [4.78, 5) is 13.6. The predicted octanol–water partition coefficient (Wildman–Crippen LogP) is 3.85. The number of likely N-dealkylation sites (tertiary alicyclic amines) is 1. The summed E-state index contributed by atoms with van der Waals surface area (Å²) in [6.45, 7) is 4.40. The van der Waals surface area contributed by atoms with Gasteiger partial charge in [0, 0.05) is 49.9 Å². The first-order valence-electron chi connectivity index (χ1n) is 12.6. The molecule has 2 aliphatic heterocycles. The number of ether oxygens (including phenoxy) is 2. The number of likely N-dealkylation sites (N-methyl/N-ethyl adjacent to an activating group) is 1. The molecule has 3 aromatic heterocycles. The summed E-state index contributed by atoms with van der Waals surface area (Å²) in [5.41, 5.74) is 1.93. The van der Waals surface area contributed by atoms with Crippen molar-refractivity contribution >= 4 is 39.1 Å². The second kappa shape index (κ2) is 10.2. The number of nitrogens with zero attached hydrogens (tertiary/aromatic N) is 6. The number of rotatable bonds is 6. The van der Waals surface area contributed by atoms with Crippen molar-refractivity contribution in [3.63, 3.8) is 0 Å². The molecule has 12 heteroatoms. The number of aromatic nitrogens is 4. The van der Waals surface area contributed by atoms with Crippen LogP contribution in [0.4, 0.5) is 10.1 Å². The van der Waals surface area contributed by atoms with Crippen LogP contribution in [0, 0.1) is 17.1 Å². The smallest absolute Gasteiger partial charge is 0.246 e. The van der Waals surface area contributed by atoms with Gasteiger partial charge in [0.2, 0.25) is 11.8 Å². The monoisotopic (exact) mass is 536 g/mol. The van der Waals surface area contributed by atoms with Crippen LogP contribution in [0.1, 0.15) is 18.4 Å². The molecule has 0 amide bonds. The van der Waals surface area contributed by atoms with Crippen LogP contribution in [-0.4, -0.2) is 77.5 Å². The van der Waals surface area contributed by atoms with Crippen LogP contribution >= 0.6 is 11.6 Å². The van der Waals surface area contributed by atoms with E-state index in [2.05, 4.69) is 43.4 Å². The average Bonchev–Trinajstić information content (AvgIpc) is 3.58. The number of nitriles is 1. The summed E-state index contributed by atoms with van der Waals surface area (Å²) in [6, 6.07) is 5.65. The standard InChI is InChI=1S/C26H26ClFN8O2/c1-35-8-2-3-15(35)14-37-25-17(12-29)23(36-9-6-30-7-10-36)16-4-5-31-26(22(16)33-25)38-24-18-13-32-34-20(18)11-19(28)21(24)27/h4-5,11,13,15,30H,2-3,6-10,14H2,1H3,(H,32,34)/t15-/m0/s1. The third-order valence-corrected chi connectivity index (χ3v) is 7.58. The molecule has 0 spiro atoms. The van der Waals surface area contributed by atoms with Gasteiger partial charge in [-0.1, -0.05) is 11.6 Å². The van der Waals surface area contributed by atoms with Crippen molar-refractivity contribution in [2.45, 2.75) is 18.9 Å². The van der Waals surface area contributed by atoms with Gasteiger partial charge >= 0.3 is 0 Å². The molecule has 0 unspecified atom stereocenters. The molecule has 2 fully saturated rings. The molecular weight excluding hydrogens is 511 g/mol. The third-order valence-electron chi connectivity index (χ3n) is 7.23. The molecule has 4 aromatic rings. The van der Waals surface area contributed by atoms with E-state index in [4.69, 9.17) is 26.1 Å². The lowest BCUT2D eigenvalue weighted by atomic mass is 10.1.